The molecule has 2 heterocycles. The summed E-state index contributed by atoms with van der Waals surface area (Å²) in [7, 11) is 0. The van der Waals surface area contributed by atoms with Gasteiger partial charge in [-0.25, -0.2) is 0 Å². The summed E-state index contributed by atoms with van der Waals surface area (Å²) < 4.78 is 0. The average Bonchev–Trinajstić information content (AvgIpc) is 3.22. The van der Waals surface area contributed by atoms with E-state index in [2.05, 4.69) is 10.3 Å². The van der Waals surface area contributed by atoms with E-state index in [1.807, 2.05) is 55.1 Å². The average molecular weight is 373 g/mol. The predicted molar refractivity (Wildman–Crippen MR) is 111 cm³/mol. The number of fused-ring (bicyclic) bond motifs is 1. The zero-order valence-electron chi connectivity index (χ0n) is 16.2. The number of anilines is 1. The molecule has 5 heteroatoms. The molecule has 4 rings (SSSR count). The molecule has 2 amide bonds. The van der Waals surface area contributed by atoms with Gasteiger partial charge in [0.1, 0.15) is 0 Å². The van der Waals surface area contributed by atoms with Crippen molar-refractivity contribution in [3.63, 3.8) is 0 Å². The van der Waals surface area contributed by atoms with Crippen molar-refractivity contribution in [2.24, 2.45) is 0 Å². The van der Waals surface area contributed by atoms with Crippen LogP contribution in [-0.4, -0.2) is 34.8 Å². The highest BCUT2D eigenvalue weighted by Crippen LogP contribution is 2.25. The summed E-state index contributed by atoms with van der Waals surface area (Å²) in [6.45, 7) is 5.33. The van der Waals surface area contributed by atoms with E-state index >= 15 is 0 Å². The van der Waals surface area contributed by atoms with Gasteiger partial charge in [0.15, 0.2) is 0 Å². The Bertz CT molecular complexity index is 1070. The Morgan fingerprint density at radius 1 is 1.00 bits per heavy atom. The van der Waals surface area contributed by atoms with Crippen molar-refractivity contribution < 1.29 is 9.59 Å². The van der Waals surface area contributed by atoms with E-state index in [9.17, 15) is 9.59 Å². The van der Waals surface area contributed by atoms with Crippen molar-refractivity contribution >= 4 is 28.4 Å². The van der Waals surface area contributed by atoms with E-state index < -0.39 is 0 Å². The molecule has 3 aromatic rings. The molecule has 1 N–H and O–H groups in total. The molecule has 142 valence electrons. The highest BCUT2D eigenvalue weighted by atomic mass is 16.2. The van der Waals surface area contributed by atoms with Crippen molar-refractivity contribution in [1.82, 2.24) is 9.88 Å². The lowest BCUT2D eigenvalue weighted by molar-refractivity contribution is 0.0793. The number of para-hydroxylation sites is 1. The van der Waals surface area contributed by atoms with Gasteiger partial charge in [-0.3, -0.25) is 14.6 Å². The SMILES string of the molecule is Cc1cc(C(=O)Nc2cccc(C)c2C(=O)N2CCCC2)c2ccccc2n1. The molecule has 1 fully saturated rings. The number of carbonyl (C=O) groups excluding carboxylic acids is 2. The molecule has 1 aliphatic rings. The second kappa shape index (κ2) is 7.43. The van der Waals surface area contributed by atoms with Crippen LogP contribution in [0.4, 0.5) is 5.69 Å². The summed E-state index contributed by atoms with van der Waals surface area (Å²) in [6.07, 6.45) is 2.06. The second-order valence-electron chi connectivity index (χ2n) is 7.28. The molecule has 0 aliphatic carbocycles. The van der Waals surface area contributed by atoms with Crippen LogP contribution in [-0.2, 0) is 0 Å². The van der Waals surface area contributed by atoms with E-state index in [1.54, 1.807) is 12.1 Å². The fourth-order valence-corrected chi connectivity index (χ4v) is 3.82. The molecule has 1 aromatic heterocycles. The third-order valence-corrected chi connectivity index (χ3v) is 5.22. The first-order chi connectivity index (χ1) is 13.5. The maximum atomic E-state index is 13.1. The van der Waals surface area contributed by atoms with Gasteiger partial charge in [-0.2, -0.15) is 0 Å². The Morgan fingerprint density at radius 2 is 1.75 bits per heavy atom. The maximum Gasteiger partial charge on any atom is 0.256 e. The standard InChI is InChI=1S/C23H23N3O2/c1-15-8-7-11-20(21(15)23(28)26-12-5-6-13-26)25-22(27)18-14-16(2)24-19-10-4-3-9-17(18)19/h3-4,7-11,14H,5-6,12-13H2,1-2H3,(H,25,27). The lowest BCUT2D eigenvalue weighted by Crippen LogP contribution is -2.29. The minimum atomic E-state index is -0.234. The third kappa shape index (κ3) is 3.36. The van der Waals surface area contributed by atoms with E-state index in [4.69, 9.17) is 0 Å². The van der Waals surface area contributed by atoms with Crippen LogP contribution in [0.2, 0.25) is 0 Å². The van der Waals surface area contributed by atoms with Gasteiger partial charge in [0.25, 0.3) is 11.8 Å². The summed E-state index contributed by atoms with van der Waals surface area (Å²) in [4.78, 5) is 32.5. The number of likely N-dealkylation sites (tertiary alicyclic amines) is 1. The largest absolute Gasteiger partial charge is 0.339 e. The first-order valence-electron chi connectivity index (χ1n) is 9.61. The predicted octanol–water partition coefficient (Wildman–Crippen LogP) is 4.34. The molecule has 0 atom stereocenters. The van der Waals surface area contributed by atoms with Gasteiger partial charge in [0.05, 0.1) is 22.3 Å². The third-order valence-electron chi connectivity index (χ3n) is 5.22. The monoisotopic (exact) mass is 373 g/mol. The quantitative estimate of drug-likeness (QED) is 0.743. The van der Waals surface area contributed by atoms with Crippen LogP contribution >= 0.6 is 0 Å². The normalized spacial score (nSPS) is 13.7. The molecule has 0 bridgehead atoms. The zero-order chi connectivity index (χ0) is 19.7. The highest BCUT2D eigenvalue weighted by Gasteiger charge is 2.24. The van der Waals surface area contributed by atoms with Crippen LogP contribution in [0, 0.1) is 13.8 Å². The Kier molecular flexibility index (Phi) is 4.82. The van der Waals surface area contributed by atoms with Crippen molar-refractivity contribution in [3.8, 4) is 0 Å². The summed E-state index contributed by atoms with van der Waals surface area (Å²) in [6, 6.07) is 14.9. The second-order valence-corrected chi connectivity index (χ2v) is 7.28. The minimum Gasteiger partial charge on any atom is -0.339 e. The van der Waals surface area contributed by atoms with Gasteiger partial charge in [-0.1, -0.05) is 30.3 Å². The van der Waals surface area contributed by atoms with Gasteiger partial charge in [0, 0.05) is 24.2 Å². The molecule has 2 aromatic carbocycles. The number of aromatic nitrogens is 1. The molecule has 0 spiro atoms. The summed E-state index contributed by atoms with van der Waals surface area (Å²) in [5, 5.41) is 3.77. The van der Waals surface area contributed by atoms with Gasteiger partial charge < -0.3 is 10.2 Å². The number of aryl methyl sites for hydroxylation is 2. The summed E-state index contributed by atoms with van der Waals surface area (Å²) in [5.41, 5.74) is 4.12. The van der Waals surface area contributed by atoms with E-state index in [1.165, 1.54) is 0 Å². The lowest BCUT2D eigenvalue weighted by Gasteiger charge is -2.20. The van der Waals surface area contributed by atoms with Crippen LogP contribution in [0.25, 0.3) is 10.9 Å². The number of carbonyl (C=O) groups is 2. The number of hydrogen-bond donors (Lipinski definition) is 1. The number of nitrogens with one attached hydrogen (secondary N) is 1. The van der Waals surface area contributed by atoms with Crippen molar-refractivity contribution in [2.45, 2.75) is 26.7 Å². The van der Waals surface area contributed by atoms with Gasteiger partial charge in [0.2, 0.25) is 0 Å². The van der Waals surface area contributed by atoms with E-state index in [0.29, 0.717) is 16.8 Å². The maximum absolute atomic E-state index is 13.1. The zero-order valence-corrected chi connectivity index (χ0v) is 16.2. The van der Waals surface area contributed by atoms with Crippen LogP contribution in [0.15, 0.2) is 48.5 Å². The van der Waals surface area contributed by atoms with Crippen molar-refractivity contribution in [1.29, 1.82) is 0 Å². The number of pyridine rings is 1. The van der Waals surface area contributed by atoms with Crippen LogP contribution < -0.4 is 5.32 Å². The summed E-state index contributed by atoms with van der Waals surface area (Å²) in [5.74, 6) is -0.246. The molecular weight excluding hydrogens is 350 g/mol. The Morgan fingerprint density at radius 3 is 2.54 bits per heavy atom. The number of hydrogen-bond acceptors (Lipinski definition) is 3. The lowest BCUT2D eigenvalue weighted by atomic mass is 10.0. The molecule has 0 radical (unpaired) electrons. The van der Waals surface area contributed by atoms with Crippen molar-refractivity contribution in [3.05, 3.63) is 70.9 Å². The minimum absolute atomic E-state index is 0.0123. The first kappa shape index (κ1) is 18.2. The smallest absolute Gasteiger partial charge is 0.256 e. The molecule has 0 saturated carbocycles. The Hall–Kier alpha value is -3.21. The Balaban J connectivity index is 1.71. The molecule has 1 saturated heterocycles. The molecule has 28 heavy (non-hydrogen) atoms. The fourth-order valence-electron chi connectivity index (χ4n) is 3.82. The number of amides is 2. The molecule has 0 unspecified atom stereocenters. The molecule has 5 nitrogen and oxygen atoms in total. The molecular formula is C23H23N3O2. The van der Waals surface area contributed by atoms with Crippen molar-refractivity contribution in [2.75, 3.05) is 18.4 Å². The van der Waals surface area contributed by atoms with E-state index in [0.717, 1.165) is 48.1 Å². The summed E-state index contributed by atoms with van der Waals surface area (Å²) >= 11 is 0. The molecule has 1 aliphatic heterocycles. The van der Waals surface area contributed by atoms with Gasteiger partial charge in [-0.15, -0.1) is 0 Å². The van der Waals surface area contributed by atoms with Gasteiger partial charge >= 0.3 is 0 Å². The van der Waals surface area contributed by atoms with Gasteiger partial charge in [-0.05, 0) is 50.5 Å². The van der Waals surface area contributed by atoms with E-state index in [-0.39, 0.29) is 11.8 Å². The van der Waals surface area contributed by atoms with Crippen LogP contribution in [0.5, 0.6) is 0 Å². The highest BCUT2D eigenvalue weighted by molar-refractivity contribution is 6.14. The number of rotatable bonds is 3. The Labute approximate surface area is 164 Å². The first-order valence-corrected chi connectivity index (χ1v) is 9.61. The van der Waals surface area contributed by atoms with Crippen LogP contribution in [0.1, 0.15) is 44.8 Å². The number of nitrogens with zero attached hydrogens (tertiary/aromatic N) is 2. The fraction of sp³-hybridized carbons (Fsp3) is 0.261. The number of benzene rings is 2. The van der Waals surface area contributed by atoms with Crippen LogP contribution in [0.3, 0.4) is 0 Å². The topological polar surface area (TPSA) is 62.3 Å².